The van der Waals surface area contributed by atoms with Crippen LogP contribution in [0.15, 0.2) is 57.4 Å². The second-order valence-corrected chi connectivity index (χ2v) is 8.48. The molecular formula is C24H23N3O5S. The van der Waals surface area contributed by atoms with Crippen molar-refractivity contribution in [1.29, 1.82) is 0 Å². The van der Waals surface area contributed by atoms with Crippen molar-refractivity contribution >= 4 is 33.1 Å². The number of carbonyl (C=O) groups is 1. The van der Waals surface area contributed by atoms with Crippen LogP contribution >= 0.6 is 11.3 Å². The molecule has 33 heavy (non-hydrogen) atoms. The maximum absolute atomic E-state index is 13.4. The van der Waals surface area contributed by atoms with Crippen LogP contribution in [-0.2, 0) is 11.3 Å². The van der Waals surface area contributed by atoms with E-state index >= 15 is 0 Å². The van der Waals surface area contributed by atoms with Crippen molar-refractivity contribution in [1.82, 2.24) is 9.13 Å². The van der Waals surface area contributed by atoms with Gasteiger partial charge in [-0.3, -0.25) is 14.2 Å². The number of aromatic nitrogens is 2. The quantitative estimate of drug-likeness (QED) is 0.471. The van der Waals surface area contributed by atoms with E-state index in [-0.39, 0.29) is 6.54 Å². The summed E-state index contributed by atoms with van der Waals surface area (Å²) in [5.74, 6) is 0.612. The van der Waals surface area contributed by atoms with Crippen LogP contribution in [0.3, 0.4) is 0 Å². The maximum Gasteiger partial charge on any atom is 0.336 e. The third-order valence-electron chi connectivity index (χ3n) is 5.44. The molecule has 0 aliphatic carbocycles. The number of nitrogens with zero attached hydrogens (tertiary/aromatic N) is 2. The number of amides is 1. The predicted octanol–water partition coefficient (Wildman–Crippen LogP) is 3.49. The van der Waals surface area contributed by atoms with Crippen molar-refractivity contribution in [3.63, 3.8) is 0 Å². The third-order valence-corrected chi connectivity index (χ3v) is 6.33. The van der Waals surface area contributed by atoms with Gasteiger partial charge in [-0.25, -0.2) is 9.36 Å². The van der Waals surface area contributed by atoms with Gasteiger partial charge in [0.1, 0.15) is 22.7 Å². The maximum atomic E-state index is 13.4. The van der Waals surface area contributed by atoms with Gasteiger partial charge in [-0.2, -0.15) is 0 Å². The van der Waals surface area contributed by atoms with Gasteiger partial charge in [-0.15, -0.1) is 11.3 Å². The Labute approximate surface area is 193 Å². The van der Waals surface area contributed by atoms with E-state index in [0.717, 1.165) is 15.7 Å². The van der Waals surface area contributed by atoms with E-state index < -0.39 is 17.2 Å². The van der Waals surface area contributed by atoms with Crippen LogP contribution in [0, 0.1) is 13.8 Å². The smallest absolute Gasteiger partial charge is 0.336 e. The normalized spacial score (nSPS) is 10.9. The van der Waals surface area contributed by atoms with Crippen molar-refractivity contribution in [2.75, 3.05) is 19.5 Å². The average Bonchev–Trinajstić information content (AvgIpc) is 3.29. The Hall–Kier alpha value is -3.85. The molecule has 0 spiro atoms. The number of carbonyl (C=O) groups excluding carboxylic acids is 1. The molecule has 9 heteroatoms. The summed E-state index contributed by atoms with van der Waals surface area (Å²) in [5.41, 5.74) is 2.39. The molecule has 1 amide bonds. The van der Waals surface area contributed by atoms with E-state index in [0.29, 0.717) is 33.1 Å². The van der Waals surface area contributed by atoms with Gasteiger partial charge in [0.25, 0.3) is 5.56 Å². The number of rotatable bonds is 6. The first-order chi connectivity index (χ1) is 15.8. The Morgan fingerprint density at radius 3 is 2.30 bits per heavy atom. The molecule has 0 bridgehead atoms. The molecule has 0 fully saturated rings. The van der Waals surface area contributed by atoms with Crippen LogP contribution in [0.2, 0.25) is 0 Å². The molecule has 4 aromatic rings. The molecule has 0 saturated carbocycles. The van der Waals surface area contributed by atoms with E-state index in [9.17, 15) is 14.4 Å². The molecule has 0 aliphatic heterocycles. The van der Waals surface area contributed by atoms with Crippen molar-refractivity contribution in [3.8, 4) is 17.2 Å². The lowest BCUT2D eigenvalue weighted by molar-refractivity contribution is -0.116. The summed E-state index contributed by atoms with van der Waals surface area (Å²) >= 11 is 1.24. The number of methoxy groups -OCH3 is 2. The summed E-state index contributed by atoms with van der Waals surface area (Å²) in [6, 6.07) is 12.1. The van der Waals surface area contributed by atoms with Gasteiger partial charge in [-0.05, 0) is 48.6 Å². The van der Waals surface area contributed by atoms with Crippen molar-refractivity contribution in [3.05, 3.63) is 79.8 Å². The Kier molecular flexibility index (Phi) is 6.06. The van der Waals surface area contributed by atoms with E-state index in [4.69, 9.17) is 9.47 Å². The number of anilines is 1. The molecule has 2 aromatic heterocycles. The number of benzene rings is 2. The van der Waals surface area contributed by atoms with Gasteiger partial charge >= 0.3 is 5.69 Å². The molecule has 170 valence electrons. The predicted molar refractivity (Wildman–Crippen MR) is 129 cm³/mol. The summed E-state index contributed by atoms with van der Waals surface area (Å²) in [5, 5.41) is 4.51. The van der Waals surface area contributed by atoms with Crippen molar-refractivity contribution in [2.45, 2.75) is 20.4 Å². The SMILES string of the molecule is COc1cc(NC(=O)Cn2c(=O)n(-c3ccc(C)c(C)c3)c(=O)c3sccc32)cc(OC)c1. The van der Waals surface area contributed by atoms with Crippen LogP contribution in [0.1, 0.15) is 11.1 Å². The standard InChI is InChI=1S/C24H23N3O5S/c1-14-5-6-17(9-15(14)2)27-23(29)22-20(7-8-33-22)26(24(27)30)13-21(28)25-16-10-18(31-3)12-19(11-16)32-4/h5-12H,13H2,1-4H3,(H,25,28). The third kappa shape index (κ3) is 4.27. The minimum absolute atomic E-state index is 0.267. The van der Waals surface area contributed by atoms with E-state index in [1.165, 1.54) is 30.1 Å². The average molecular weight is 466 g/mol. The van der Waals surface area contributed by atoms with Crippen LogP contribution < -0.4 is 26.0 Å². The van der Waals surface area contributed by atoms with Gasteiger partial charge < -0.3 is 14.8 Å². The summed E-state index contributed by atoms with van der Waals surface area (Å²) in [4.78, 5) is 39.4. The lowest BCUT2D eigenvalue weighted by Crippen LogP contribution is -2.40. The topological polar surface area (TPSA) is 91.6 Å². The number of nitrogens with one attached hydrogen (secondary N) is 1. The number of hydrogen-bond acceptors (Lipinski definition) is 6. The molecule has 0 atom stereocenters. The van der Waals surface area contributed by atoms with Gasteiger partial charge in [-0.1, -0.05) is 6.07 Å². The minimum atomic E-state index is -0.576. The molecule has 1 N–H and O–H groups in total. The highest BCUT2D eigenvalue weighted by Gasteiger charge is 2.18. The molecule has 0 radical (unpaired) electrons. The van der Waals surface area contributed by atoms with Crippen LogP contribution in [0.5, 0.6) is 11.5 Å². The first-order valence-corrected chi connectivity index (χ1v) is 11.0. The zero-order chi connectivity index (χ0) is 23.7. The second kappa shape index (κ2) is 8.95. The molecule has 0 unspecified atom stereocenters. The highest BCUT2D eigenvalue weighted by atomic mass is 32.1. The molecule has 2 heterocycles. The number of ether oxygens (including phenoxy) is 2. The number of fused-ring (bicyclic) bond motifs is 1. The first-order valence-electron chi connectivity index (χ1n) is 10.2. The summed E-state index contributed by atoms with van der Waals surface area (Å²) < 4.78 is 13.3. The number of hydrogen-bond donors (Lipinski definition) is 1. The Morgan fingerprint density at radius 1 is 0.970 bits per heavy atom. The fourth-order valence-corrected chi connectivity index (χ4v) is 4.38. The Bertz CT molecular complexity index is 1460. The first kappa shape index (κ1) is 22.3. The van der Waals surface area contributed by atoms with E-state index in [2.05, 4.69) is 5.32 Å². The van der Waals surface area contributed by atoms with Gasteiger partial charge in [0.15, 0.2) is 0 Å². The largest absolute Gasteiger partial charge is 0.497 e. The van der Waals surface area contributed by atoms with Gasteiger partial charge in [0.2, 0.25) is 5.91 Å². The number of aryl methyl sites for hydroxylation is 2. The van der Waals surface area contributed by atoms with E-state index in [1.54, 1.807) is 41.8 Å². The fourth-order valence-electron chi connectivity index (χ4n) is 3.56. The minimum Gasteiger partial charge on any atom is -0.497 e. The fraction of sp³-hybridized carbons (Fsp3) is 0.208. The summed E-state index contributed by atoms with van der Waals surface area (Å²) in [6.07, 6.45) is 0. The molecular weight excluding hydrogens is 442 g/mol. The molecule has 8 nitrogen and oxygen atoms in total. The van der Waals surface area contributed by atoms with Crippen LogP contribution in [-0.4, -0.2) is 29.3 Å². The van der Waals surface area contributed by atoms with Crippen molar-refractivity contribution in [2.24, 2.45) is 0 Å². The van der Waals surface area contributed by atoms with Crippen LogP contribution in [0.4, 0.5) is 5.69 Å². The zero-order valence-electron chi connectivity index (χ0n) is 18.7. The molecule has 2 aromatic carbocycles. The second-order valence-electron chi connectivity index (χ2n) is 7.56. The summed E-state index contributed by atoms with van der Waals surface area (Å²) in [6.45, 7) is 3.61. The number of thiophene rings is 1. The lowest BCUT2D eigenvalue weighted by atomic mass is 10.1. The van der Waals surface area contributed by atoms with Gasteiger partial charge in [0.05, 0.1) is 25.4 Å². The van der Waals surface area contributed by atoms with E-state index in [1.807, 2.05) is 19.9 Å². The molecule has 0 aliphatic rings. The highest BCUT2D eigenvalue weighted by Crippen LogP contribution is 2.26. The Balaban J connectivity index is 1.76. The van der Waals surface area contributed by atoms with Crippen molar-refractivity contribution < 1.29 is 14.3 Å². The summed E-state index contributed by atoms with van der Waals surface area (Å²) in [7, 11) is 3.03. The molecule has 0 saturated heterocycles. The van der Waals surface area contributed by atoms with Crippen LogP contribution in [0.25, 0.3) is 15.9 Å². The van der Waals surface area contributed by atoms with Gasteiger partial charge in [0, 0.05) is 23.9 Å². The zero-order valence-corrected chi connectivity index (χ0v) is 19.5. The monoisotopic (exact) mass is 465 g/mol. The Morgan fingerprint density at radius 2 is 1.67 bits per heavy atom. The lowest BCUT2D eigenvalue weighted by Gasteiger charge is -2.14. The highest BCUT2D eigenvalue weighted by molar-refractivity contribution is 7.17. The molecule has 4 rings (SSSR count).